The van der Waals surface area contributed by atoms with Gasteiger partial charge in [-0.3, -0.25) is 9.59 Å². The summed E-state index contributed by atoms with van der Waals surface area (Å²) in [7, 11) is 5.61. The molecule has 3 N–H and O–H groups in total. The third kappa shape index (κ3) is 3.21. The number of amides is 1. The van der Waals surface area contributed by atoms with Crippen molar-refractivity contribution in [1.82, 2.24) is 4.90 Å². The molecule has 4 aromatic rings. The van der Waals surface area contributed by atoms with Crippen LogP contribution in [0.25, 0.3) is 33.1 Å². The van der Waals surface area contributed by atoms with Crippen LogP contribution in [0.3, 0.4) is 0 Å². The SMILES string of the molecule is CO[C@@H]1[13c]2c[13c]3c([13c]([18OH])c2-[13c]2c4[13c](c5oc6[13c]([18O]C)c(Cl)[13cH]c[13c]6c(=O)[13c]5c2O)OCO[13C@@H]41)[13C](=[18O])N(C)[13C@@H](OC)[C@H]3O. The maximum atomic E-state index is 13.9. The number of halogens is 1. The Balaban J connectivity index is 1.65. The van der Waals surface area contributed by atoms with Crippen LogP contribution < -0.4 is 14.9 Å². The van der Waals surface area contributed by atoms with Crippen molar-refractivity contribution in [2.24, 2.45) is 0 Å². The van der Waals surface area contributed by atoms with Gasteiger partial charge in [-0.05, 0) is 23.8 Å². The Morgan fingerprint density at radius 1 is 1.17 bits per heavy atom. The number of fused-ring (bicyclic) bond motifs is 6. The van der Waals surface area contributed by atoms with E-state index < -0.39 is 47.4 Å². The van der Waals surface area contributed by atoms with Crippen molar-refractivity contribution in [2.75, 3.05) is 35.2 Å². The fourth-order valence-corrected chi connectivity index (χ4v) is 6.66. The molecule has 13 heteroatoms. The van der Waals surface area contributed by atoms with E-state index in [1.165, 1.54) is 51.5 Å². The van der Waals surface area contributed by atoms with Crippen LogP contribution in [0.5, 0.6) is 23.0 Å². The van der Waals surface area contributed by atoms with Gasteiger partial charge in [-0.25, -0.2) is 0 Å². The predicted molar refractivity (Wildman–Crippen MR) is 147 cm³/mol. The number of carbonyl (C=O) groups excluding carboxylic acids is 1. The third-order valence-electron chi connectivity index (χ3n) is 8.29. The first-order valence-electron chi connectivity index (χ1n) is 12.8. The number of phenolic OH excluding ortho intramolecular Hbond substituents is 2. The lowest BCUT2D eigenvalue weighted by Crippen LogP contribution is -2.47. The number of phenols is 2. The second-order valence-corrected chi connectivity index (χ2v) is 10.6. The number of rotatable bonds is 3. The van der Waals surface area contributed by atoms with Gasteiger partial charge in [0.05, 0.1) is 23.1 Å². The maximum Gasteiger partial charge on any atom is 0.259 e. The Morgan fingerprint density at radius 2 is 1.93 bits per heavy atom. The van der Waals surface area contributed by atoms with Crippen LogP contribution in [0.1, 0.15) is 45.4 Å². The van der Waals surface area contributed by atoms with Gasteiger partial charge in [-0.2, -0.15) is 0 Å². The molecule has 4 atom stereocenters. The average Bonchev–Trinajstić information content (AvgIpc) is 2.98. The number of hydrogen-bond donors (Lipinski definition) is 3. The molecule has 0 unspecified atom stereocenters. The Hall–Kier alpha value is -4.07. The molecule has 0 saturated heterocycles. The molecule has 7 rings (SSSR count). The molecule has 0 spiro atoms. The molecule has 42 heavy (non-hydrogen) atoms. The summed E-state index contributed by atoms with van der Waals surface area (Å²) in [6, 6.07) is 4.46. The fourth-order valence-electron chi connectivity index (χ4n) is 6.43. The number of ether oxygens (including phenoxy) is 5. The van der Waals surface area contributed by atoms with E-state index in [2.05, 4.69) is 0 Å². The average molecular weight is 616 g/mol. The number of hydrogen-bond acceptors (Lipinski definition) is 11. The molecule has 3 aromatic carbocycles. The van der Waals surface area contributed by atoms with E-state index in [1.54, 1.807) is 0 Å². The summed E-state index contributed by atoms with van der Waals surface area (Å²) in [5.74, 6) is -1.45. The molecule has 1 aliphatic carbocycles. The Bertz CT molecular complexity index is 1920. The van der Waals surface area contributed by atoms with E-state index in [0.29, 0.717) is 5.56 Å². The first kappa shape index (κ1) is 26.8. The minimum Gasteiger partial charge on any atom is -0.506 e. The number of benzene rings is 3. The highest BCUT2D eigenvalue weighted by atomic mass is 35.5. The molecule has 0 radical (unpaired) electrons. The van der Waals surface area contributed by atoms with Gasteiger partial charge in [0.2, 0.25) is 5.43 Å². The summed E-state index contributed by atoms with van der Waals surface area (Å²) in [6.07, 6.45) is -4.10. The van der Waals surface area contributed by atoms with E-state index >= 15 is 0 Å². The zero-order valence-electron chi connectivity index (χ0n) is 22.7. The summed E-state index contributed by atoms with van der Waals surface area (Å²) >= 11 is 6.29. The van der Waals surface area contributed by atoms with Gasteiger partial charge in [0, 0.05) is 43.5 Å². The minimum absolute atomic E-state index is 0.0113. The highest BCUT2D eigenvalue weighted by Crippen LogP contribution is 2.61. The number of nitrogens with zero attached hydrogens (tertiary/aromatic N) is 1. The normalized spacial score (nSPS) is 22.5. The maximum absolute atomic E-state index is 13.9. The molecule has 3 heterocycles. The Morgan fingerprint density at radius 3 is 2.62 bits per heavy atom. The summed E-state index contributed by atoms with van der Waals surface area (Å²) in [5, 5.41) is 34.7. The number of carbonyl (C=O) groups is 1. The quantitative estimate of drug-likeness (QED) is 0.174. The molecule has 12 nitrogen and oxygen atoms in total. The zero-order valence-corrected chi connectivity index (χ0v) is 23.4. The molecule has 0 bridgehead atoms. The molecular formula is C29H24ClNO11. The van der Waals surface area contributed by atoms with E-state index in [0.717, 1.165) is 0 Å². The largest absolute Gasteiger partial charge is 0.506 e. The Labute approximate surface area is 242 Å². The lowest BCUT2D eigenvalue weighted by molar-refractivity contribution is -0.121. The molecule has 1 aromatic heterocycles. The monoisotopic (exact) mass is 615 g/mol. The van der Waals surface area contributed by atoms with Gasteiger partial charge >= 0.3 is 0 Å². The van der Waals surface area contributed by atoms with Crippen molar-refractivity contribution in [3.05, 3.63) is 55.7 Å². The number of methoxy groups -OCH3 is 3. The standard InChI is InChI=1S/C29H24ClNO11/c1-31-28(36)14-10(19(33)29(31)39-4)7-11-13(20(14)34)15-16-25(22(11)37-2)40-8-41-26(16)27-17(21(15)35)18(32)9-5-6-12(30)24(38-3)23(9)42-27/h5-7,19,22,25,29,33-35H,8H2,1-4H3/t19-,22+,25-,29-/m0/s1/i6+1,9+1,10+1,11+1,15+1,17+1,20+1,24+1,25+1,26+1,28+1,29+1,34+2,36+2,38+2. The van der Waals surface area contributed by atoms with E-state index in [4.69, 9.17) is 39.7 Å². The van der Waals surface area contributed by atoms with E-state index in [9.17, 15) is 24.9 Å². The predicted octanol–water partition coefficient (Wildman–Crippen LogP) is 3.89. The molecule has 0 fully saturated rings. The number of aliphatic hydroxyl groups is 1. The highest BCUT2D eigenvalue weighted by Gasteiger charge is 2.48. The van der Waals surface area contributed by atoms with Crippen LogP contribution >= 0.6 is 11.6 Å². The van der Waals surface area contributed by atoms with Crippen LogP contribution in [-0.2, 0) is 14.2 Å². The van der Waals surface area contributed by atoms with Gasteiger partial charge in [0.25, 0.3) is 5.91 Å². The molecule has 218 valence electrons. The number of aromatic hydroxyl groups is 2. The molecule has 0 saturated carbocycles. The van der Waals surface area contributed by atoms with Crippen LogP contribution in [0.2, 0.25) is 5.02 Å². The lowest BCUT2D eigenvalue weighted by Gasteiger charge is -2.41. The first-order chi connectivity index (χ1) is 20.2. The second kappa shape index (κ2) is 9.21. The van der Waals surface area contributed by atoms with Crippen molar-refractivity contribution in [3.63, 3.8) is 0 Å². The topological polar surface area (TPSA) is 157 Å². The fraction of sp³-hybridized carbons (Fsp3) is 0.310. The summed E-state index contributed by atoms with van der Waals surface area (Å²) in [4.78, 5) is 28.5. The first-order valence-corrected chi connectivity index (χ1v) is 13.2. The summed E-state index contributed by atoms with van der Waals surface area (Å²) < 4.78 is 34.6. The summed E-state index contributed by atoms with van der Waals surface area (Å²) in [6.45, 7) is -0.255. The molecule has 1 amide bonds. The van der Waals surface area contributed by atoms with Crippen LogP contribution in [0.4, 0.5) is 0 Å². The number of aliphatic hydroxyl groups excluding tert-OH is 1. The highest BCUT2D eigenvalue weighted by molar-refractivity contribution is 6.33. The van der Waals surface area contributed by atoms with E-state index in [1.807, 2.05) is 0 Å². The molecular weight excluding hydrogens is 592 g/mol. The molecule has 3 aliphatic rings. The van der Waals surface area contributed by atoms with Crippen LogP contribution in [0, 0.1) is 0 Å². The second-order valence-electron chi connectivity index (χ2n) is 10.2. The zero-order chi connectivity index (χ0) is 29.8. The number of likely N-dealkylation sites (N-methyl/N-ethyl adjacent to an activating group) is 1. The van der Waals surface area contributed by atoms with Gasteiger partial charge in [-0.1, -0.05) is 11.6 Å². The summed E-state index contributed by atoms with van der Waals surface area (Å²) in [5.41, 5.74) is -0.0907. The molecule has 2 aliphatic heterocycles. The van der Waals surface area contributed by atoms with Gasteiger partial charge in [-0.15, -0.1) is 0 Å². The van der Waals surface area contributed by atoms with Crippen molar-refractivity contribution in [1.29, 1.82) is 0 Å². The van der Waals surface area contributed by atoms with Gasteiger partial charge < -0.3 is 48.3 Å². The van der Waals surface area contributed by atoms with E-state index in [-0.39, 0.29) is 73.1 Å². The van der Waals surface area contributed by atoms with Gasteiger partial charge in [0.15, 0.2) is 35.7 Å². The van der Waals surface area contributed by atoms with Gasteiger partial charge in [0.1, 0.15) is 35.2 Å². The van der Waals surface area contributed by atoms with Crippen LogP contribution in [-0.4, -0.2) is 67.5 Å². The van der Waals surface area contributed by atoms with Crippen molar-refractivity contribution < 1.29 is 48.2 Å². The van der Waals surface area contributed by atoms with Crippen molar-refractivity contribution >= 4 is 39.4 Å². The minimum atomic E-state index is -1.31. The lowest BCUT2D eigenvalue weighted by atomic mass is 10.2. The van der Waals surface area contributed by atoms with Crippen molar-refractivity contribution in [2.45, 2.75) is 24.5 Å². The smallest absolute Gasteiger partial charge is 0.259 e. The Kier molecular flexibility index (Phi) is 5.88. The van der Waals surface area contributed by atoms with Crippen LogP contribution in [0.15, 0.2) is 27.4 Å². The van der Waals surface area contributed by atoms with Crippen molar-refractivity contribution in [3.8, 4) is 34.1 Å². The third-order valence-corrected chi connectivity index (χ3v) is 8.59.